The average molecular weight is 413 g/mol. The van der Waals surface area contributed by atoms with E-state index in [1.807, 2.05) is 42.5 Å². The van der Waals surface area contributed by atoms with Gasteiger partial charge in [-0.15, -0.1) is 0 Å². The van der Waals surface area contributed by atoms with Crippen molar-refractivity contribution in [2.24, 2.45) is 0 Å². The van der Waals surface area contributed by atoms with Gasteiger partial charge in [0.2, 0.25) is 11.7 Å². The molecule has 0 aliphatic heterocycles. The van der Waals surface area contributed by atoms with Gasteiger partial charge in [-0.2, -0.15) is 18.2 Å². The van der Waals surface area contributed by atoms with Gasteiger partial charge in [0, 0.05) is 12.1 Å². The lowest BCUT2D eigenvalue weighted by atomic mass is 10.1. The molecule has 154 valence electrons. The van der Waals surface area contributed by atoms with Crippen LogP contribution in [0.15, 0.2) is 81.9 Å². The molecule has 30 heavy (non-hydrogen) atoms. The molecule has 0 spiro atoms. The maximum atomic E-state index is 13.0. The van der Waals surface area contributed by atoms with E-state index in [-0.39, 0.29) is 11.4 Å². The Bertz CT molecular complexity index is 1080. The van der Waals surface area contributed by atoms with E-state index >= 15 is 0 Å². The van der Waals surface area contributed by atoms with Gasteiger partial charge >= 0.3 is 6.18 Å². The molecule has 4 rings (SSSR count). The largest absolute Gasteiger partial charge is 0.468 e. The highest BCUT2D eigenvalue weighted by molar-refractivity contribution is 5.55. The summed E-state index contributed by atoms with van der Waals surface area (Å²) in [6.07, 6.45) is -2.83. The fraction of sp³-hybridized carbons (Fsp3) is 0.182. The molecule has 8 heteroatoms. The Kier molecular flexibility index (Phi) is 5.67. The smallest absolute Gasteiger partial charge is 0.416 e. The van der Waals surface area contributed by atoms with E-state index in [2.05, 4.69) is 15.0 Å². The first-order valence-corrected chi connectivity index (χ1v) is 9.26. The van der Waals surface area contributed by atoms with Crippen LogP contribution in [-0.4, -0.2) is 15.0 Å². The zero-order chi connectivity index (χ0) is 21.0. The Labute approximate surface area is 170 Å². The van der Waals surface area contributed by atoms with E-state index < -0.39 is 11.7 Å². The number of halogens is 3. The van der Waals surface area contributed by atoms with Gasteiger partial charge in [-0.25, -0.2) is 0 Å². The van der Waals surface area contributed by atoms with Crippen LogP contribution < -0.4 is 0 Å². The molecule has 4 aromatic rings. The van der Waals surface area contributed by atoms with Crippen LogP contribution in [0.25, 0.3) is 11.4 Å². The van der Waals surface area contributed by atoms with E-state index in [0.717, 1.165) is 23.5 Å². The molecule has 0 aliphatic rings. The maximum Gasteiger partial charge on any atom is 0.416 e. The van der Waals surface area contributed by atoms with Crippen LogP contribution in [0.3, 0.4) is 0 Å². The monoisotopic (exact) mass is 413 g/mol. The van der Waals surface area contributed by atoms with Crippen molar-refractivity contribution in [1.29, 1.82) is 0 Å². The first-order chi connectivity index (χ1) is 14.5. The van der Waals surface area contributed by atoms with Crippen molar-refractivity contribution >= 4 is 0 Å². The maximum absolute atomic E-state index is 13.0. The number of hydrogen-bond acceptors (Lipinski definition) is 5. The minimum atomic E-state index is -4.43. The van der Waals surface area contributed by atoms with Crippen LogP contribution in [0.1, 0.15) is 22.8 Å². The molecule has 0 saturated heterocycles. The normalized spacial score (nSPS) is 11.9. The predicted molar refractivity (Wildman–Crippen MR) is 103 cm³/mol. The first-order valence-electron chi connectivity index (χ1n) is 9.26. The van der Waals surface area contributed by atoms with Crippen molar-refractivity contribution < 1.29 is 22.1 Å². The van der Waals surface area contributed by atoms with Crippen molar-refractivity contribution in [3.05, 3.63) is 95.8 Å². The summed E-state index contributed by atoms with van der Waals surface area (Å²) in [5.41, 5.74) is 0.594. The lowest BCUT2D eigenvalue weighted by molar-refractivity contribution is -0.137. The Morgan fingerprint density at radius 3 is 2.43 bits per heavy atom. The van der Waals surface area contributed by atoms with Gasteiger partial charge in [0.1, 0.15) is 5.76 Å². The molecule has 0 aliphatic carbocycles. The third-order valence-electron chi connectivity index (χ3n) is 4.48. The van der Waals surface area contributed by atoms with Crippen molar-refractivity contribution in [2.45, 2.75) is 25.8 Å². The molecule has 0 bridgehead atoms. The fourth-order valence-corrected chi connectivity index (χ4v) is 3.09. The number of alkyl halides is 3. The number of nitrogens with zero attached hydrogens (tertiary/aromatic N) is 3. The second kappa shape index (κ2) is 8.54. The molecule has 0 unspecified atom stereocenters. The quantitative estimate of drug-likeness (QED) is 0.398. The highest BCUT2D eigenvalue weighted by Gasteiger charge is 2.30. The van der Waals surface area contributed by atoms with Gasteiger partial charge in [0.05, 0.1) is 24.9 Å². The molecule has 5 nitrogen and oxygen atoms in total. The number of benzene rings is 2. The van der Waals surface area contributed by atoms with E-state index in [1.54, 1.807) is 6.26 Å². The zero-order valence-corrected chi connectivity index (χ0v) is 15.8. The third-order valence-corrected chi connectivity index (χ3v) is 4.48. The summed E-state index contributed by atoms with van der Waals surface area (Å²) < 4.78 is 49.7. The van der Waals surface area contributed by atoms with Gasteiger partial charge in [-0.3, -0.25) is 4.90 Å². The molecule has 2 aromatic heterocycles. The Morgan fingerprint density at radius 2 is 1.70 bits per heavy atom. The summed E-state index contributed by atoms with van der Waals surface area (Å²) in [7, 11) is 0. The summed E-state index contributed by atoms with van der Waals surface area (Å²) in [4.78, 5) is 6.35. The summed E-state index contributed by atoms with van der Waals surface area (Å²) in [5, 5.41) is 3.86. The highest BCUT2D eigenvalue weighted by Crippen LogP contribution is 2.31. The third kappa shape index (κ3) is 4.96. The number of hydrogen-bond donors (Lipinski definition) is 0. The summed E-state index contributed by atoms with van der Waals surface area (Å²) in [6, 6.07) is 18.4. The molecular weight excluding hydrogens is 395 g/mol. The van der Waals surface area contributed by atoms with Gasteiger partial charge in [0.15, 0.2) is 0 Å². The van der Waals surface area contributed by atoms with Crippen molar-refractivity contribution in [1.82, 2.24) is 15.0 Å². The van der Waals surface area contributed by atoms with Gasteiger partial charge in [0.25, 0.3) is 0 Å². The van der Waals surface area contributed by atoms with E-state index in [1.165, 1.54) is 12.1 Å². The van der Waals surface area contributed by atoms with Crippen LogP contribution in [0, 0.1) is 0 Å². The zero-order valence-electron chi connectivity index (χ0n) is 15.8. The average Bonchev–Trinajstić information content (AvgIpc) is 3.40. The van der Waals surface area contributed by atoms with Gasteiger partial charge < -0.3 is 8.94 Å². The molecule has 0 N–H and O–H groups in total. The molecule has 2 heterocycles. The predicted octanol–water partition coefficient (Wildman–Crippen LogP) is 5.55. The van der Waals surface area contributed by atoms with Crippen LogP contribution >= 0.6 is 0 Å². The summed E-state index contributed by atoms with van der Waals surface area (Å²) >= 11 is 0. The van der Waals surface area contributed by atoms with E-state index in [9.17, 15) is 13.2 Å². The van der Waals surface area contributed by atoms with Crippen molar-refractivity contribution in [2.75, 3.05) is 0 Å². The van der Waals surface area contributed by atoms with Crippen LogP contribution in [-0.2, 0) is 25.8 Å². The summed E-state index contributed by atoms with van der Waals surface area (Å²) in [5.74, 6) is 1.21. The van der Waals surface area contributed by atoms with Gasteiger partial charge in [-0.1, -0.05) is 47.6 Å². The van der Waals surface area contributed by atoms with Crippen molar-refractivity contribution in [3.8, 4) is 11.4 Å². The second-order valence-corrected chi connectivity index (χ2v) is 6.80. The molecule has 0 radical (unpaired) electrons. The number of furan rings is 1. The lowest BCUT2D eigenvalue weighted by Gasteiger charge is -2.19. The first kappa shape index (κ1) is 19.9. The minimum absolute atomic E-state index is 0.119. The Hall–Kier alpha value is -3.39. The highest BCUT2D eigenvalue weighted by atomic mass is 19.4. The summed E-state index contributed by atoms with van der Waals surface area (Å²) in [6.45, 7) is 1.45. The lowest BCUT2D eigenvalue weighted by Crippen LogP contribution is -2.22. The number of aromatic nitrogens is 2. The molecular formula is C22H18F3N3O2. The van der Waals surface area contributed by atoms with Gasteiger partial charge in [-0.05, 0) is 29.8 Å². The standard InChI is InChI=1S/C22H18F3N3O2/c23-22(24,25)18-9-4-8-17(12-18)21-26-20(30-27-21)15-28(14-19-10-5-11-29-19)13-16-6-2-1-3-7-16/h1-12H,13-15H2. The molecule has 0 atom stereocenters. The van der Waals surface area contributed by atoms with Crippen LogP contribution in [0.2, 0.25) is 0 Å². The van der Waals surface area contributed by atoms with Crippen molar-refractivity contribution in [3.63, 3.8) is 0 Å². The molecule has 0 amide bonds. The minimum Gasteiger partial charge on any atom is -0.468 e. The van der Waals surface area contributed by atoms with E-state index in [0.29, 0.717) is 25.5 Å². The SMILES string of the molecule is FC(F)(F)c1cccc(-c2noc(CN(Cc3ccccc3)Cc3ccco3)n2)c1. The van der Waals surface area contributed by atoms with Crippen LogP contribution in [0.4, 0.5) is 13.2 Å². The van der Waals surface area contributed by atoms with E-state index in [4.69, 9.17) is 8.94 Å². The number of rotatable bonds is 7. The Morgan fingerprint density at radius 1 is 0.867 bits per heavy atom. The fourth-order valence-electron chi connectivity index (χ4n) is 3.09. The van der Waals surface area contributed by atoms with Crippen LogP contribution in [0.5, 0.6) is 0 Å². The topological polar surface area (TPSA) is 55.3 Å². The Balaban J connectivity index is 1.53. The molecule has 0 saturated carbocycles. The molecule has 0 fully saturated rings. The molecule has 2 aromatic carbocycles. The second-order valence-electron chi connectivity index (χ2n) is 6.80.